The largest absolute Gasteiger partial charge is 0.478 e. The fraction of sp³-hybridized carbons (Fsp3) is 0.211. The quantitative estimate of drug-likeness (QED) is 0.649. The van der Waals surface area contributed by atoms with Crippen molar-refractivity contribution in [2.24, 2.45) is 5.92 Å². The van der Waals surface area contributed by atoms with Crippen molar-refractivity contribution in [3.63, 3.8) is 0 Å². The topological polar surface area (TPSA) is 95.5 Å². The number of hydrogen-bond donors (Lipinski definition) is 3. The van der Waals surface area contributed by atoms with Gasteiger partial charge in [-0.3, -0.25) is 9.59 Å². The second-order valence-corrected chi connectivity index (χ2v) is 7.06. The van der Waals surface area contributed by atoms with E-state index in [0.717, 1.165) is 23.4 Å². The zero-order valence-corrected chi connectivity index (χ0v) is 14.7. The Labute approximate surface area is 155 Å². The number of carbonyl (C=O) groups excluding carboxylic acids is 2. The molecule has 1 fully saturated rings. The molecule has 0 radical (unpaired) electrons. The highest BCUT2D eigenvalue weighted by Gasteiger charge is 2.29. The van der Waals surface area contributed by atoms with Gasteiger partial charge in [0.2, 0.25) is 11.8 Å². The Morgan fingerprint density at radius 3 is 2.38 bits per heavy atom. The van der Waals surface area contributed by atoms with E-state index in [4.69, 9.17) is 5.11 Å². The number of carbonyl (C=O) groups is 3. The van der Waals surface area contributed by atoms with Crippen molar-refractivity contribution in [2.75, 3.05) is 16.4 Å². The molecule has 1 aliphatic rings. The highest BCUT2D eigenvalue weighted by Crippen LogP contribution is 2.30. The van der Waals surface area contributed by atoms with E-state index in [0.29, 0.717) is 5.69 Å². The highest BCUT2D eigenvalue weighted by molar-refractivity contribution is 8.00. The van der Waals surface area contributed by atoms with E-state index in [1.807, 2.05) is 24.3 Å². The molecular weight excluding hydrogens is 352 g/mol. The van der Waals surface area contributed by atoms with Crippen LogP contribution in [-0.4, -0.2) is 28.6 Å². The molecule has 0 heterocycles. The third-order valence-electron chi connectivity index (χ3n) is 3.81. The number of aromatic carboxylic acids is 1. The summed E-state index contributed by atoms with van der Waals surface area (Å²) in [5.74, 6) is -0.913. The van der Waals surface area contributed by atoms with Crippen LogP contribution in [0.1, 0.15) is 23.2 Å². The molecule has 0 aromatic heterocycles. The van der Waals surface area contributed by atoms with Crippen LogP contribution in [0.2, 0.25) is 0 Å². The summed E-state index contributed by atoms with van der Waals surface area (Å²) in [5, 5.41) is 14.5. The molecule has 0 spiro atoms. The van der Waals surface area contributed by atoms with E-state index in [-0.39, 0.29) is 29.0 Å². The summed E-state index contributed by atoms with van der Waals surface area (Å²) in [6.07, 6.45) is 1.90. The normalized spacial score (nSPS) is 13.1. The minimum atomic E-state index is -1.04. The van der Waals surface area contributed by atoms with Crippen LogP contribution in [0.5, 0.6) is 0 Å². The van der Waals surface area contributed by atoms with Crippen molar-refractivity contribution < 1.29 is 19.5 Å². The molecule has 6 nitrogen and oxygen atoms in total. The molecule has 134 valence electrons. The Morgan fingerprint density at radius 1 is 1.00 bits per heavy atom. The van der Waals surface area contributed by atoms with Crippen LogP contribution in [0.25, 0.3) is 0 Å². The number of nitrogens with one attached hydrogen (secondary N) is 2. The zero-order valence-electron chi connectivity index (χ0n) is 13.9. The summed E-state index contributed by atoms with van der Waals surface area (Å²) < 4.78 is 0. The van der Waals surface area contributed by atoms with Crippen molar-refractivity contribution in [3.05, 3.63) is 54.1 Å². The lowest BCUT2D eigenvalue weighted by Gasteiger charge is -2.08. The van der Waals surface area contributed by atoms with Gasteiger partial charge in [0.15, 0.2) is 0 Å². The summed E-state index contributed by atoms with van der Waals surface area (Å²) in [7, 11) is 0. The van der Waals surface area contributed by atoms with Crippen molar-refractivity contribution >= 4 is 40.9 Å². The lowest BCUT2D eigenvalue weighted by atomic mass is 10.2. The summed E-state index contributed by atoms with van der Waals surface area (Å²) in [5.41, 5.74) is 1.29. The molecule has 0 unspecified atom stereocenters. The molecular formula is C19H18N2O4S. The van der Waals surface area contributed by atoms with Crippen molar-refractivity contribution in [2.45, 2.75) is 17.7 Å². The number of benzene rings is 2. The van der Waals surface area contributed by atoms with Gasteiger partial charge in [0.1, 0.15) is 0 Å². The average molecular weight is 370 g/mol. The SMILES string of the molecule is O=C(CSc1cccc(NC(=O)C2CC2)c1)Nc1cccc(C(=O)O)c1. The fourth-order valence-corrected chi connectivity index (χ4v) is 3.08. The van der Waals surface area contributed by atoms with Gasteiger partial charge in [-0.15, -0.1) is 11.8 Å². The summed E-state index contributed by atoms with van der Waals surface area (Å²) in [6, 6.07) is 13.5. The van der Waals surface area contributed by atoms with Gasteiger partial charge in [0, 0.05) is 22.2 Å². The lowest BCUT2D eigenvalue weighted by molar-refractivity contribution is -0.117. The van der Waals surface area contributed by atoms with Gasteiger partial charge in [-0.05, 0) is 49.2 Å². The number of carboxylic acid groups (broad SMARTS) is 1. The summed E-state index contributed by atoms with van der Waals surface area (Å²) in [4.78, 5) is 35.7. The van der Waals surface area contributed by atoms with Crippen LogP contribution in [0.15, 0.2) is 53.4 Å². The first-order chi connectivity index (χ1) is 12.5. The minimum absolute atomic E-state index is 0.0446. The smallest absolute Gasteiger partial charge is 0.335 e. The van der Waals surface area contributed by atoms with Crippen molar-refractivity contribution in [1.29, 1.82) is 0 Å². The monoisotopic (exact) mass is 370 g/mol. The van der Waals surface area contributed by atoms with E-state index < -0.39 is 5.97 Å². The standard InChI is InChI=1S/C19H18N2O4S/c22-17(20-14-4-1-3-13(9-14)19(24)25)11-26-16-6-2-5-15(10-16)21-18(23)12-7-8-12/h1-6,9-10,12H,7-8,11H2,(H,20,22)(H,21,23)(H,24,25). The van der Waals surface area contributed by atoms with E-state index >= 15 is 0 Å². The Morgan fingerprint density at radius 2 is 1.69 bits per heavy atom. The zero-order chi connectivity index (χ0) is 18.5. The van der Waals surface area contributed by atoms with Gasteiger partial charge in [-0.25, -0.2) is 4.79 Å². The average Bonchev–Trinajstić information content (AvgIpc) is 3.46. The number of carboxylic acids is 1. The number of hydrogen-bond acceptors (Lipinski definition) is 4. The number of anilines is 2. The second-order valence-electron chi connectivity index (χ2n) is 6.01. The molecule has 2 aromatic rings. The van der Waals surface area contributed by atoms with Gasteiger partial charge in [0.05, 0.1) is 11.3 Å². The van der Waals surface area contributed by atoms with E-state index in [1.165, 1.54) is 23.9 Å². The van der Waals surface area contributed by atoms with Gasteiger partial charge in [-0.2, -0.15) is 0 Å². The third-order valence-corrected chi connectivity index (χ3v) is 4.81. The van der Waals surface area contributed by atoms with E-state index in [9.17, 15) is 14.4 Å². The molecule has 0 bridgehead atoms. The Bertz CT molecular complexity index is 849. The molecule has 0 atom stereocenters. The number of rotatable bonds is 7. The lowest BCUT2D eigenvalue weighted by Crippen LogP contribution is -2.14. The predicted octanol–water partition coefficient (Wildman–Crippen LogP) is 3.46. The molecule has 1 saturated carbocycles. The molecule has 7 heteroatoms. The van der Waals surface area contributed by atoms with Crippen LogP contribution in [0.3, 0.4) is 0 Å². The maximum absolute atomic E-state index is 12.1. The van der Waals surface area contributed by atoms with Gasteiger partial charge in [0.25, 0.3) is 0 Å². The summed E-state index contributed by atoms with van der Waals surface area (Å²) in [6.45, 7) is 0. The molecule has 2 amide bonds. The fourth-order valence-electron chi connectivity index (χ4n) is 2.33. The van der Waals surface area contributed by atoms with Crippen LogP contribution in [-0.2, 0) is 9.59 Å². The Balaban J connectivity index is 1.53. The predicted molar refractivity (Wildman–Crippen MR) is 101 cm³/mol. The van der Waals surface area contributed by atoms with Crippen LogP contribution >= 0.6 is 11.8 Å². The van der Waals surface area contributed by atoms with Crippen molar-refractivity contribution in [1.82, 2.24) is 0 Å². The van der Waals surface area contributed by atoms with Crippen LogP contribution in [0, 0.1) is 5.92 Å². The highest BCUT2D eigenvalue weighted by atomic mass is 32.2. The first-order valence-corrected chi connectivity index (χ1v) is 9.17. The Hall–Kier alpha value is -2.80. The maximum atomic E-state index is 12.1. The molecule has 0 aliphatic heterocycles. The first-order valence-electron chi connectivity index (χ1n) is 8.18. The first kappa shape index (κ1) is 18.0. The second kappa shape index (κ2) is 8.05. The molecule has 0 saturated heterocycles. The van der Waals surface area contributed by atoms with Crippen LogP contribution < -0.4 is 10.6 Å². The van der Waals surface area contributed by atoms with Crippen molar-refractivity contribution in [3.8, 4) is 0 Å². The van der Waals surface area contributed by atoms with Gasteiger partial charge in [-0.1, -0.05) is 12.1 Å². The van der Waals surface area contributed by atoms with Crippen LogP contribution in [0.4, 0.5) is 11.4 Å². The molecule has 2 aromatic carbocycles. The summed E-state index contributed by atoms with van der Waals surface area (Å²) >= 11 is 1.34. The molecule has 26 heavy (non-hydrogen) atoms. The van der Waals surface area contributed by atoms with E-state index in [1.54, 1.807) is 12.1 Å². The Kier molecular flexibility index (Phi) is 5.58. The minimum Gasteiger partial charge on any atom is -0.478 e. The van der Waals surface area contributed by atoms with E-state index in [2.05, 4.69) is 10.6 Å². The maximum Gasteiger partial charge on any atom is 0.335 e. The molecule has 3 rings (SSSR count). The third kappa shape index (κ3) is 5.10. The number of amides is 2. The van der Waals surface area contributed by atoms with Gasteiger partial charge < -0.3 is 15.7 Å². The number of thioether (sulfide) groups is 1. The molecule has 3 N–H and O–H groups in total. The molecule has 1 aliphatic carbocycles. The van der Waals surface area contributed by atoms with Gasteiger partial charge >= 0.3 is 5.97 Å².